The average molecular weight is 745 g/mol. The van der Waals surface area contributed by atoms with E-state index in [-0.39, 0.29) is 0 Å². The third-order valence-corrected chi connectivity index (χ3v) is 12.3. The topological polar surface area (TPSA) is 8.17 Å². The van der Waals surface area contributed by atoms with Gasteiger partial charge < -0.3 is 9.47 Å². The van der Waals surface area contributed by atoms with Crippen LogP contribution in [0.4, 0.5) is 17.1 Å². The van der Waals surface area contributed by atoms with Crippen LogP contribution in [0.2, 0.25) is 0 Å². The van der Waals surface area contributed by atoms with Gasteiger partial charge in [0.15, 0.2) is 0 Å². The first-order chi connectivity index (χ1) is 28.3. The van der Waals surface area contributed by atoms with E-state index in [2.05, 4.69) is 228 Å². The van der Waals surface area contributed by atoms with E-state index < -0.39 is 0 Å². The molecule has 9 aromatic carbocycles. The lowest BCUT2D eigenvalue weighted by molar-refractivity contribution is 1.18. The average Bonchev–Trinajstić information content (AvgIpc) is 3.83. The molecule has 57 heavy (non-hydrogen) atoms. The van der Waals surface area contributed by atoms with Gasteiger partial charge in [-0.1, -0.05) is 152 Å². The highest BCUT2D eigenvalue weighted by Gasteiger charge is 2.21. The number of hydrogen-bond donors (Lipinski definition) is 0. The minimum atomic E-state index is 1.09. The van der Waals surface area contributed by atoms with Crippen LogP contribution >= 0.6 is 11.3 Å². The molecule has 0 amide bonds. The first-order valence-electron chi connectivity index (χ1n) is 19.4. The van der Waals surface area contributed by atoms with Gasteiger partial charge in [-0.3, -0.25) is 0 Å². The van der Waals surface area contributed by atoms with Crippen molar-refractivity contribution in [3.05, 3.63) is 218 Å². The summed E-state index contributed by atoms with van der Waals surface area (Å²) < 4.78 is 5.05. The van der Waals surface area contributed by atoms with Crippen LogP contribution in [0.25, 0.3) is 81.0 Å². The van der Waals surface area contributed by atoms with Gasteiger partial charge in [0, 0.05) is 53.7 Å². The molecule has 11 aromatic rings. The number of para-hydroxylation sites is 1. The quantitative estimate of drug-likeness (QED) is 0.158. The second kappa shape index (κ2) is 13.8. The second-order valence-electron chi connectivity index (χ2n) is 14.5. The van der Waals surface area contributed by atoms with Gasteiger partial charge in [0.2, 0.25) is 0 Å². The summed E-state index contributed by atoms with van der Waals surface area (Å²) in [5.41, 5.74) is 14.0. The summed E-state index contributed by atoms with van der Waals surface area (Å²) in [5, 5.41) is 5.10. The molecule has 0 atom stereocenters. The maximum absolute atomic E-state index is 2.43. The van der Waals surface area contributed by atoms with Crippen LogP contribution in [-0.4, -0.2) is 4.57 Å². The highest BCUT2D eigenvalue weighted by molar-refractivity contribution is 7.25. The third-order valence-electron chi connectivity index (χ3n) is 11.2. The Balaban J connectivity index is 1.16. The third kappa shape index (κ3) is 5.71. The highest BCUT2D eigenvalue weighted by atomic mass is 32.1. The zero-order chi connectivity index (χ0) is 37.7. The van der Waals surface area contributed by atoms with Gasteiger partial charge in [-0.2, -0.15) is 0 Å². The van der Waals surface area contributed by atoms with Crippen molar-refractivity contribution in [2.45, 2.75) is 0 Å². The summed E-state index contributed by atoms with van der Waals surface area (Å²) in [4.78, 5) is 2.42. The largest absolute Gasteiger partial charge is 0.310 e. The van der Waals surface area contributed by atoms with E-state index in [4.69, 9.17) is 0 Å². The fourth-order valence-electron chi connectivity index (χ4n) is 8.64. The Morgan fingerprint density at radius 3 is 1.67 bits per heavy atom. The van der Waals surface area contributed by atoms with Crippen LogP contribution in [-0.2, 0) is 0 Å². The molecule has 2 nitrogen and oxygen atoms in total. The molecule has 2 aromatic heterocycles. The summed E-state index contributed by atoms with van der Waals surface area (Å²) in [6, 6.07) is 79.4. The highest BCUT2D eigenvalue weighted by Crippen LogP contribution is 2.45. The van der Waals surface area contributed by atoms with Crippen molar-refractivity contribution in [2.75, 3.05) is 4.90 Å². The minimum Gasteiger partial charge on any atom is -0.310 e. The number of aromatic nitrogens is 1. The van der Waals surface area contributed by atoms with Gasteiger partial charge in [-0.15, -0.1) is 11.3 Å². The normalized spacial score (nSPS) is 11.5. The molecule has 0 aliphatic carbocycles. The maximum atomic E-state index is 2.43. The first-order valence-corrected chi connectivity index (χ1v) is 20.2. The molecule has 0 bridgehead atoms. The van der Waals surface area contributed by atoms with Crippen molar-refractivity contribution < 1.29 is 0 Å². The predicted octanol–water partition coefficient (Wildman–Crippen LogP) is 15.6. The van der Waals surface area contributed by atoms with Gasteiger partial charge in [-0.05, 0) is 100 Å². The van der Waals surface area contributed by atoms with Crippen LogP contribution in [0, 0.1) is 0 Å². The molecule has 0 saturated heterocycles. The van der Waals surface area contributed by atoms with E-state index in [1.54, 1.807) is 0 Å². The zero-order valence-corrected chi connectivity index (χ0v) is 31.9. The molecule has 0 saturated carbocycles. The standard InChI is InChI=1S/C54H36N2S/c1-4-16-37(17-5-1)39-20-12-24-42(34-39)55(43-25-13-21-40(35-43)46-28-15-31-52-54(46)48-26-10-11-30-51(48)57-52)44-32-33-47-50(36-44)56(41-22-8-3-9-23-41)49-29-14-27-45(53(47)49)38-18-6-2-7-19-38/h1-36H. The van der Waals surface area contributed by atoms with Gasteiger partial charge in [0.05, 0.1) is 11.0 Å². The fraction of sp³-hybridized carbons (Fsp3) is 0. The molecule has 11 rings (SSSR count). The van der Waals surface area contributed by atoms with Crippen molar-refractivity contribution in [3.63, 3.8) is 0 Å². The lowest BCUT2D eigenvalue weighted by Crippen LogP contribution is -2.10. The van der Waals surface area contributed by atoms with Crippen molar-refractivity contribution in [3.8, 4) is 39.1 Å². The number of benzene rings is 9. The van der Waals surface area contributed by atoms with Gasteiger partial charge >= 0.3 is 0 Å². The first kappa shape index (κ1) is 33.2. The number of anilines is 3. The molecule has 0 fully saturated rings. The predicted molar refractivity (Wildman–Crippen MR) is 245 cm³/mol. The molecular weight excluding hydrogens is 709 g/mol. The molecule has 268 valence electrons. The molecule has 2 heterocycles. The Morgan fingerprint density at radius 2 is 0.895 bits per heavy atom. The van der Waals surface area contributed by atoms with E-state index >= 15 is 0 Å². The summed E-state index contributed by atoms with van der Waals surface area (Å²) in [6.45, 7) is 0. The Kier molecular flexibility index (Phi) is 8.04. The molecule has 0 spiro atoms. The Bertz CT molecular complexity index is 3230. The number of nitrogens with zero attached hydrogens (tertiary/aromatic N) is 2. The van der Waals surface area contributed by atoms with E-state index in [1.165, 1.54) is 69.8 Å². The van der Waals surface area contributed by atoms with E-state index in [9.17, 15) is 0 Å². The molecule has 0 aliphatic rings. The van der Waals surface area contributed by atoms with E-state index in [1.807, 2.05) is 11.3 Å². The number of rotatable bonds is 7. The lowest BCUT2D eigenvalue weighted by Gasteiger charge is -2.27. The maximum Gasteiger partial charge on any atom is 0.0562 e. The fourth-order valence-corrected chi connectivity index (χ4v) is 9.77. The zero-order valence-electron chi connectivity index (χ0n) is 31.1. The molecule has 0 N–H and O–H groups in total. The van der Waals surface area contributed by atoms with Crippen LogP contribution in [0.3, 0.4) is 0 Å². The summed E-state index contributed by atoms with van der Waals surface area (Å²) >= 11 is 1.86. The van der Waals surface area contributed by atoms with E-state index in [0.29, 0.717) is 0 Å². The molecule has 3 heteroatoms. The number of fused-ring (bicyclic) bond motifs is 6. The summed E-state index contributed by atoms with van der Waals surface area (Å²) in [6.07, 6.45) is 0. The molecule has 0 unspecified atom stereocenters. The minimum absolute atomic E-state index is 1.09. The Hall–Kier alpha value is -7.20. The Morgan fingerprint density at radius 1 is 0.333 bits per heavy atom. The smallest absolute Gasteiger partial charge is 0.0562 e. The van der Waals surface area contributed by atoms with E-state index in [0.717, 1.165) is 28.3 Å². The number of hydrogen-bond acceptors (Lipinski definition) is 2. The SMILES string of the molecule is c1ccc(-c2cccc(N(c3cccc(-c4cccc5sc6ccccc6c45)c3)c3ccc4c5c(-c6ccccc6)cccc5n(-c5ccccc5)c4c3)c2)cc1. The lowest BCUT2D eigenvalue weighted by atomic mass is 9.98. The van der Waals surface area contributed by atoms with Crippen molar-refractivity contribution in [1.82, 2.24) is 4.57 Å². The van der Waals surface area contributed by atoms with Crippen molar-refractivity contribution >= 4 is 70.4 Å². The number of thiophene rings is 1. The summed E-state index contributed by atoms with van der Waals surface area (Å²) in [7, 11) is 0. The summed E-state index contributed by atoms with van der Waals surface area (Å²) in [5.74, 6) is 0. The second-order valence-corrected chi connectivity index (χ2v) is 15.6. The van der Waals surface area contributed by atoms with Gasteiger partial charge in [-0.25, -0.2) is 0 Å². The Labute approximate surface area is 335 Å². The van der Waals surface area contributed by atoms with Crippen molar-refractivity contribution in [2.24, 2.45) is 0 Å². The molecule has 0 radical (unpaired) electrons. The van der Waals surface area contributed by atoms with Crippen LogP contribution < -0.4 is 4.90 Å². The molecule has 0 aliphatic heterocycles. The van der Waals surface area contributed by atoms with Crippen LogP contribution in [0.1, 0.15) is 0 Å². The monoisotopic (exact) mass is 744 g/mol. The molecular formula is C54H36N2S. The van der Waals surface area contributed by atoms with Crippen LogP contribution in [0.5, 0.6) is 0 Å². The van der Waals surface area contributed by atoms with Gasteiger partial charge in [0.25, 0.3) is 0 Å². The van der Waals surface area contributed by atoms with Gasteiger partial charge in [0.1, 0.15) is 0 Å². The van der Waals surface area contributed by atoms with Crippen molar-refractivity contribution in [1.29, 1.82) is 0 Å². The van der Waals surface area contributed by atoms with Crippen LogP contribution in [0.15, 0.2) is 218 Å².